The van der Waals surface area contributed by atoms with Crippen LogP contribution in [0.4, 0.5) is 5.69 Å². The molecule has 0 saturated heterocycles. The molecule has 0 aliphatic heterocycles. The zero-order valence-electron chi connectivity index (χ0n) is 9.45. The first-order valence-corrected chi connectivity index (χ1v) is 5.57. The van der Waals surface area contributed by atoms with Gasteiger partial charge in [0.25, 0.3) is 0 Å². The molecule has 1 aromatic heterocycles. The molecule has 0 bridgehead atoms. The minimum atomic E-state index is 0.0611. The van der Waals surface area contributed by atoms with Gasteiger partial charge in [0.1, 0.15) is 0 Å². The number of aliphatic hydroxyl groups is 1. The van der Waals surface area contributed by atoms with E-state index in [1.54, 1.807) is 18.5 Å². The predicted octanol–water partition coefficient (Wildman–Crippen LogP) is 0.137. The molecular weight excluding hydrogens is 220 g/mol. The maximum atomic E-state index is 9.09. The lowest BCUT2D eigenvalue weighted by atomic mass is 10.2. The number of anilines is 1. The first-order valence-electron chi connectivity index (χ1n) is 5.57. The van der Waals surface area contributed by atoms with Crippen LogP contribution in [0.15, 0.2) is 23.6 Å². The molecule has 1 aliphatic carbocycles. The van der Waals surface area contributed by atoms with Crippen LogP contribution >= 0.6 is 0 Å². The van der Waals surface area contributed by atoms with Gasteiger partial charge in [-0.15, -0.1) is 0 Å². The van der Waals surface area contributed by atoms with Gasteiger partial charge in [-0.1, -0.05) is 5.16 Å². The second kappa shape index (κ2) is 5.01. The van der Waals surface area contributed by atoms with Crippen LogP contribution < -0.4 is 10.6 Å². The van der Waals surface area contributed by atoms with Gasteiger partial charge in [0.05, 0.1) is 18.5 Å². The molecule has 2 rings (SSSR count). The summed E-state index contributed by atoms with van der Waals surface area (Å²) in [4.78, 5) is 6.12. The van der Waals surface area contributed by atoms with E-state index in [0.717, 1.165) is 18.5 Å². The molecule has 17 heavy (non-hydrogen) atoms. The Morgan fingerprint density at radius 3 is 2.94 bits per heavy atom. The van der Waals surface area contributed by atoms with Crippen LogP contribution in [0, 0.1) is 0 Å². The van der Waals surface area contributed by atoms with Crippen molar-refractivity contribution in [3.8, 4) is 0 Å². The quantitative estimate of drug-likeness (QED) is 0.292. The lowest BCUT2D eigenvalue weighted by Crippen LogP contribution is -2.31. The highest BCUT2D eigenvalue weighted by molar-refractivity contribution is 6.02. The summed E-state index contributed by atoms with van der Waals surface area (Å²) in [5, 5.41) is 20.9. The summed E-state index contributed by atoms with van der Waals surface area (Å²) in [6.07, 6.45) is 5.48. The van der Waals surface area contributed by atoms with E-state index in [4.69, 9.17) is 16.0 Å². The summed E-state index contributed by atoms with van der Waals surface area (Å²) in [5.41, 5.74) is 7.08. The van der Waals surface area contributed by atoms with E-state index < -0.39 is 0 Å². The highest BCUT2D eigenvalue weighted by Crippen LogP contribution is 2.32. The number of nitrogens with zero attached hydrogens (tertiary/aromatic N) is 3. The lowest BCUT2D eigenvalue weighted by Gasteiger charge is -2.25. The molecule has 1 heterocycles. The number of hydrogen-bond donors (Lipinski definition) is 3. The zero-order valence-corrected chi connectivity index (χ0v) is 9.45. The number of amidine groups is 1. The highest BCUT2D eigenvalue weighted by atomic mass is 16.4. The Morgan fingerprint density at radius 1 is 1.59 bits per heavy atom. The third kappa shape index (κ3) is 2.47. The van der Waals surface area contributed by atoms with Gasteiger partial charge >= 0.3 is 0 Å². The molecule has 4 N–H and O–H groups in total. The molecule has 1 fully saturated rings. The zero-order chi connectivity index (χ0) is 12.3. The van der Waals surface area contributed by atoms with Crippen LogP contribution in [0.1, 0.15) is 18.4 Å². The maximum absolute atomic E-state index is 9.09. The van der Waals surface area contributed by atoms with Crippen LogP contribution in [0.2, 0.25) is 0 Å². The second-order valence-electron chi connectivity index (χ2n) is 4.03. The molecule has 1 aromatic rings. The van der Waals surface area contributed by atoms with Crippen molar-refractivity contribution in [2.45, 2.75) is 18.9 Å². The molecule has 0 atom stereocenters. The molecule has 0 amide bonds. The summed E-state index contributed by atoms with van der Waals surface area (Å²) in [6.45, 7) is 0.600. The Bertz CT molecular complexity index is 418. The SMILES string of the molecule is N/C(=N/O)c1ccncc1N(CCO)C1CC1. The molecule has 6 nitrogen and oxygen atoms in total. The molecule has 6 heteroatoms. The number of aromatic nitrogens is 1. The van der Waals surface area contributed by atoms with Crippen LogP contribution in [0.25, 0.3) is 0 Å². The molecule has 0 aromatic carbocycles. The van der Waals surface area contributed by atoms with Crippen LogP contribution in [0.5, 0.6) is 0 Å². The van der Waals surface area contributed by atoms with Gasteiger partial charge in [0.15, 0.2) is 5.84 Å². The van der Waals surface area contributed by atoms with E-state index >= 15 is 0 Å². The Balaban J connectivity index is 2.34. The number of nitrogens with two attached hydrogens (primary N) is 1. The minimum absolute atomic E-state index is 0.0611. The topological polar surface area (TPSA) is 95.0 Å². The van der Waals surface area contributed by atoms with Gasteiger partial charge in [0, 0.05) is 24.3 Å². The van der Waals surface area contributed by atoms with Crippen molar-refractivity contribution in [3.63, 3.8) is 0 Å². The summed E-state index contributed by atoms with van der Waals surface area (Å²) >= 11 is 0. The van der Waals surface area contributed by atoms with Crippen molar-refractivity contribution < 1.29 is 10.3 Å². The van der Waals surface area contributed by atoms with Crippen molar-refractivity contribution in [3.05, 3.63) is 24.0 Å². The average molecular weight is 236 g/mol. The van der Waals surface area contributed by atoms with Crippen molar-refractivity contribution in [2.75, 3.05) is 18.1 Å². The smallest absolute Gasteiger partial charge is 0.172 e. The Hall–Kier alpha value is -1.82. The van der Waals surface area contributed by atoms with Crippen LogP contribution in [0.3, 0.4) is 0 Å². The molecule has 0 spiro atoms. The fourth-order valence-electron chi connectivity index (χ4n) is 1.88. The Kier molecular flexibility index (Phi) is 3.43. The fourth-order valence-corrected chi connectivity index (χ4v) is 1.88. The van der Waals surface area contributed by atoms with E-state index in [9.17, 15) is 0 Å². The minimum Gasteiger partial charge on any atom is -0.409 e. The Morgan fingerprint density at radius 2 is 2.35 bits per heavy atom. The standard InChI is InChI=1S/C11H16N4O2/c12-11(14-17)9-3-4-13-7-10(9)15(5-6-16)8-1-2-8/h3-4,7-8,16-17H,1-2,5-6H2,(H2,12,14). The number of aliphatic hydroxyl groups excluding tert-OH is 1. The van der Waals surface area contributed by atoms with E-state index in [1.807, 2.05) is 0 Å². The summed E-state index contributed by atoms with van der Waals surface area (Å²) in [7, 11) is 0. The number of rotatable bonds is 5. The van der Waals surface area contributed by atoms with Crippen molar-refractivity contribution in [1.29, 1.82) is 0 Å². The lowest BCUT2D eigenvalue weighted by molar-refractivity contribution is 0.301. The van der Waals surface area contributed by atoms with Crippen molar-refractivity contribution in [2.24, 2.45) is 10.9 Å². The van der Waals surface area contributed by atoms with Crippen LogP contribution in [-0.4, -0.2) is 40.3 Å². The van der Waals surface area contributed by atoms with E-state index in [0.29, 0.717) is 18.2 Å². The molecule has 1 saturated carbocycles. The van der Waals surface area contributed by atoms with E-state index in [2.05, 4.69) is 15.0 Å². The molecule has 0 radical (unpaired) electrons. The first kappa shape index (κ1) is 11.7. The van der Waals surface area contributed by atoms with Crippen molar-refractivity contribution >= 4 is 11.5 Å². The van der Waals surface area contributed by atoms with Gasteiger partial charge in [-0.3, -0.25) is 4.98 Å². The molecular formula is C11H16N4O2. The molecule has 92 valence electrons. The summed E-state index contributed by atoms with van der Waals surface area (Å²) < 4.78 is 0. The highest BCUT2D eigenvalue weighted by Gasteiger charge is 2.30. The van der Waals surface area contributed by atoms with Crippen LogP contribution in [-0.2, 0) is 0 Å². The molecule has 1 aliphatic rings. The van der Waals surface area contributed by atoms with Gasteiger partial charge < -0.3 is 20.9 Å². The average Bonchev–Trinajstić information content (AvgIpc) is 3.19. The van der Waals surface area contributed by atoms with Gasteiger partial charge in [-0.2, -0.15) is 0 Å². The first-order chi connectivity index (χ1) is 8.27. The van der Waals surface area contributed by atoms with E-state index in [-0.39, 0.29) is 12.4 Å². The monoisotopic (exact) mass is 236 g/mol. The summed E-state index contributed by atoms with van der Waals surface area (Å²) in [5.74, 6) is 0.0611. The largest absolute Gasteiger partial charge is 0.409 e. The fraction of sp³-hybridized carbons (Fsp3) is 0.455. The molecule has 0 unspecified atom stereocenters. The number of oxime groups is 1. The van der Waals surface area contributed by atoms with Gasteiger partial charge in [0.2, 0.25) is 0 Å². The predicted molar refractivity (Wildman–Crippen MR) is 64.2 cm³/mol. The van der Waals surface area contributed by atoms with Gasteiger partial charge in [-0.05, 0) is 18.9 Å². The summed E-state index contributed by atoms with van der Waals surface area (Å²) in [6, 6.07) is 2.13. The number of hydrogen-bond acceptors (Lipinski definition) is 5. The van der Waals surface area contributed by atoms with Gasteiger partial charge in [-0.25, -0.2) is 0 Å². The third-order valence-corrected chi connectivity index (χ3v) is 2.82. The maximum Gasteiger partial charge on any atom is 0.172 e. The third-order valence-electron chi connectivity index (χ3n) is 2.82. The second-order valence-corrected chi connectivity index (χ2v) is 4.03. The van der Waals surface area contributed by atoms with Crippen molar-refractivity contribution in [1.82, 2.24) is 4.98 Å². The normalized spacial score (nSPS) is 15.9. The van der Waals surface area contributed by atoms with E-state index in [1.165, 1.54) is 0 Å². The number of pyridine rings is 1. The Labute approximate surface area is 99.4 Å².